The van der Waals surface area contributed by atoms with Crippen LogP contribution in [0, 0.1) is 46.3 Å². The molecule has 0 aromatic carbocycles. The Morgan fingerprint density at radius 3 is 2.58 bits per heavy atom. The third-order valence-electron chi connectivity index (χ3n) is 11.6. The highest BCUT2D eigenvalue weighted by molar-refractivity contribution is 5.72. The lowest BCUT2D eigenvalue weighted by Crippen LogP contribution is -2.57. The first-order chi connectivity index (χ1) is 15.6. The fourth-order valence-corrected chi connectivity index (χ4v) is 9.75. The number of amides is 1. The van der Waals surface area contributed by atoms with E-state index in [-0.39, 0.29) is 17.4 Å². The highest BCUT2D eigenvalue weighted by Crippen LogP contribution is 2.68. The van der Waals surface area contributed by atoms with Crippen LogP contribution < -0.4 is 5.43 Å². The number of carbonyl (C=O) groups excluding carboxylic acids is 1. The number of aliphatic hydroxyl groups excluding tert-OH is 1. The minimum atomic E-state index is -0.134. The van der Waals surface area contributed by atoms with E-state index in [1.807, 2.05) is 12.1 Å². The molecule has 4 rings (SSSR count). The summed E-state index contributed by atoms with van der Waals surface area (Å²) < 4.78 is 0. The van der Waals surface area contributed by atoms with E-state index in [4.69, 9.17) is 0 Å². The molecule has 1 amide bonds. The van der Waals surface area contributed by atoms with Crippen molar-refractivity contribution >= 4 is 5.91 Å². The van der Waals surface area contributed by atoms with Crippen LogP contribution in [0.25, 0.3) is 0 Å². The molecule has 0 heterocycles. The molecule has 2 N–H and O–H groups in total. The van der Waals surface area contributed by atoms with E-state index in [1.165, 1.54) is 57.8 Å². The second-order valence-electron chi connectivity index (χ2n) is 13.2. The first-order valence-corrected chi connectivity index (χ1v) is 14.3. The van der Waals surface area contributed by atoms with Crippen LogP contribution in [-0.4, -0.2) is 35.2 Å². The normalized spacial score (nSPS) is 44.5. The Hall–Kier alpha value is -0.610. The van der Waals surface area contributed by atoms with Gasteiger partial charge in [-0.1, -0.05) is 40.5 Å². The van der Waals surface area contributed by atoms with Gasteiger partial charge in [0.15, 0.2) is 0 Å². The van der Waals surface area contributed by atoms with Gasteiger partial charge in [-0.25, -0.2) is 5.01 Å². The molecule has 190 valence electrons. The summed E-state index contributed by atoms with van der Waals surface area (Å²) in [5, 5.41) is 13.7. The molecule has 4 saturated carbocycles. The summed E-state index contributed by atoms with van der Waals surface area (Å²) in [6.07, 6.45) is 15.4. The quantitative estimate of drug-likeness (QED) is 0.446. The molecule has 0 aromatic heterocycles. The lowest BCUT2D eigenvalue weighted by Gasteiger charge is -2.62. The average molecular weight is 461 g/mol. The van der Waals surface area contributed by atoms with Gasteiger partial charge in [0.05, 0.1) is 6.10 Å². The van der Waals surface area contributed by atoms with Gasteiger partial charge < -0.3 is 5.11 Å². The van der Waals surface area contributed by atoms with Crippen molar-refractivity contribution in [2.75, 3.05) is 7.05 Å². The maximum absolute atomic E-state index is 11.7. The Morgan fingerprint density at radius 1 is 1.12 bits per heavy atom. The number of nitrogens with zero attached hydrogens (tertiary/aromatic N) is 1. The van der Waals surface area contributed by atoms with Crippen LogP contribution in [0.3, 0.4) is 0 Å². The Morgan fingerprint density at radius 2 is 1.88 bits per heavy atom. The number of nitrogens with one attached hydrogen (secondary N) is 1. The van der Waals surface area contributed by atoms with E-state index in [0.717, 1.165) is 37.0 Å². The number of carbonyl (C=O) groups is 1. The molecular formula is C29H52N2O2. The minimum Gasteiger partial charge on any atom is -0.393 e. The summed E-state index contributed by atoms with van der Waals surface area (Å²) in [4.78, 5) is 11.5. The predicted octanol–water partition coefficient (Wildman–Crippen LogP) is 6.18. The molecule has 33 heavy (non-hydrogen) atoms. The molecule has 0 spiro atoms. The van der Waals surface area contributed by atoms with Crippen LogP contribution in [0.4, 0.5) is 0 Å². The van der Waals surface area contributed by atoms with Crippen molar-refractivity contribution in [3.8, 4) is 0 Å². The van der Waals surface area contributed by atoms with Crippen molar-refractivity contribution in [2.45, 2.75) is 124 Å². The van der Waals surface area contributed by atoms with Crippen molar-refractivity contribution in [3.05, 3.63) is 0 Å². The highest BCUT2D eigenvalue weighted by Gasteiger charge is 2.62. The summed E-state index contributed by atoms with van der Waals surface area (Å²) in [5.74, 6) is 4.46. The molecule has 4 nitrogen and oxygen atoms in total. The molecule has 0 bridgehead atoms. The van der Waals surface area contributed by atoms with E-state index >= 15 is 0 Å². The molecule has 0 radical (unpaired) electrons. The molecule has 4 heteroatoms. The number of hydrogen-bond acceptors (Lipinski definition) is 3. The lowest BCUT2D eigenvalue weighted by atomic mass is 9.44. The van der Waals surface area contributed by atoms with Crippen molar-refractivity contribution in [1.82, 2.24) is 10.4 Å². The average Bonchev–Trinajstić information content (AvgIpc) is 3.09. The summed E-state index contributed by atoms with van der Waals surface area (Å²) in [5.41, 5.74) is 3.54. The van der Waals surface area contributed by atoms with Gasteiger partial charge in [-0.2, -0.15) is 0 Å². The fraction of sp³-hybridized carbons (Fsp3) is 0.966. The first-order valence-electron chi connectivity index (χ1n) is 14.3. The van der Waals surface area contributed by atoms with Gasteiger partial charge in [0.1, 0.15) is 0 Å². The number of hydrogen-bond donors (Lipinski definition) is 2. The number of hydrazine groups is 1. The van der Waals surface area contributed by atoms with E-state index in [9.17, 15) is 9.90 Å². The van der Waals surface area contributed by atoms with E-state index < -0.39 is 0 Å². The van der Waals surface area contributed by atoms with E-state index in [0.29, 0.717) is 29.2 Å². The van der Waals surface area contributed by atoms with Crippen LogP contribution in [0.2, 0.25) is 0 Å². The van der Waals surface area contributed by atoms with Crippen LogP contribution in [0.15, 0.2) is 0 Å². The molecule has 10 unspecified atom stereocenters. The summed E-state index contributed by atoms with van der Waals surface area (Å²) >= 11 is 0. The van der Waals surface area contributed by atoms with Gasteiger partial charge in [0, 0.05) is 20.0 Å². The highest BCUT2D eigenvalue weighted by atomic mass is 16.3. The molecular weight excluding hydrogens is 408 g/mol. The second-order valence-corrected chi connectivity index (χ2v) is 13.2. The smallest absolute Gasteiger partial charge is 0.231 e. The molecule has 4 fully saturated rings. The summed E-state index contributed by atoms with van der Waals surface area (Å²) in [7, 11) is 2.00. The maximum atomic E-state index is 11.7. The van der Waals surface area contributed by atoms with E-state index in [1.54, 1.807) is 6.92 Å². The molecule has 4 aliphatic rings. The third kappa shape index (κ3) is 4.53. The molecule has 0 aliphatic heterocycles. The van der Waals surface area contributed by atoms with Crippen LogP contribution in [0.5, 0.6) is 0 Å². The minimum absolute atomic E-state index is 0.0102. The monoisotopic (exact) mass is 460 g/mol. The van der Waals surface area contributed by atoms with Gasteiger partial charge >= 0.3 is 0 Å². The number of aliphatic hydroxyl groups is 1. The SMILES string of the molecule is CCC(CC(C)CC1CCC2C3CCC4CCCCC4(C)C3CC(O)C12C)N(C)NC(C)=O. The standard InChI is InChI=1S/C29H52N2O2/c1-7-23(31(6)30-20(3)32)17-19(2)16-22-12-14-25-24-13-11-21-10-8-9-15-28(21,4)26(24)18-27(33)29(22,25)5/h19,21-27,33H,7-18H2,1-6H3,(H,30,32). The van der Waals surface area contributed by atoms with Crippen LogP contribution in [0.1, 0.15) is 112 Å². The van der Waals surface area contributed by atoms with Crippen LogP contribution in [-0.2, 0) is 4.79 Å². The summed E-state index contributed by atoms with van der Waals surface area (Å²) in [6, 6.07) is 0.371. The maximum Gasteiger partial charge on any atom is 0.231 e. The van der Waals surface area contributed by atoms with Gasteiger partial charge in [0.25, 0.3) is 0 Å². The second kappa shape index (κ2) is 9.80. The van der Waals surface area contributed by atoms with Crippen molar-refractivity contribution in [2.24, 2.45) is 46.3 Å². The van der Waals surface area contributed by atoms with Gasteiger partial charge in [-0.05, 0) is 111 Å². The predicted molar refractivity (Wildman–Crippen MR) is 135 cm³/mol. The number of rotatable bonds is 7. The third-order valence-corrected chi connectivity index (χ3v) is 11.6. The van der Waals surface area contributed by atoms with Gasteiger partial charge in [0.2, 0.25) is 5.91 Å². The molecule has 10 atom stereocenters. The van der Waals surface area contributed by atoms with Gasteiger partial charge in [-0.3, -0.25) is 10.2 Å². The first kappa shape index (κ1) is 25.5. The van der Waals surface area contributed by atoms with Crippen LogP contribution >= 0.6 is 0 Å². The van der Waals surface area contributed by atoms with Gasteiger partial charge in [-0.15, -0.1) is 0 Å². The van der Waals surface area contributed by atoms with Crippen molar-refractivity contribution < 1.29 is 9.90 Å². The Balaban J connectivity index is 1.44. The zero-order valence-corrected chi connectivity index (χ0v) is 22.4. The molecule has 0 saturated heterocycles. The molecule has 0 aromatic rings. The zero-order valence-electron chi connectivity index (χ0n) is 22.4. The van der Waals surface area contributed by atoms with E-state index in [2.05, 4.69) is 33.1 Å². The fourth-order valence-electron chi connectivity index (χ4n) is 9.75. The Bertz CT molecular complexity index is 697. The number of fused-ring (bicyclic) bond motifs is 5. The van der Waals surface area contributed by atoms with Crippen molar-refractivity contribution in [3.63, 3.8) is 0 Å². The molecule has 4 aliphatic carbocycles. The Labute approximate surface area is 203 Å². The zero-order chi connectivity index (χ0) is 24.0. The largest absolute Gasteiger partial charge is 0.393 e. The summed E-state index contributed by atoms with van der Waals surface area (Å²) in [6.45, 7) is 11.3. The Kier molecular flexibility index (Phi) is 7.57. The topological polar surface area (TPSA) is 52.6 Å². The van der Waals surface area contributed by atoms with Crippen molar-refractivity contribution in [1.29, 1.82) is 0 Å². The lowest BCUT2D eigenvalue weighted by molar-refractivity contribution is -0.165.